The van der Waals surface area contributed by atoms with Gasteiger partial charge in [-0.25, -0.2) is 4.98 Å². The number of nitrogens with zero attached hydrogens (tertiary/aromatic N) is 1. The lowest BCUT2D eigenvalue weighted by Crippen LogP contribution is -2.59. The number of fused-ring (bicyclic) bond motifs is 1. The summed E-state index contributed by atoms with van der Waals surface area (Å²) in [6, 6.07) is 18.1. The largest absolute Gasteiger partial charge is 0.457 e. The molecule has 3 aromatic rings. The summed E-state index contributed by atoms with van der Waals surface area (Å²) in [6.45, 7) is 0. The van der Waals surface area contributed by atoms with Gasteiger partial charge in [0, 0.05) is 17.3 Å². The first-order valence-electron chi connectivity index (χ1n) is 15.8. The van der Waals surface area contributed by atoms with Gasteiger partial charge < -0.3 is 15.8 Å². The van der Waals surface area contributed by atoms with Crippen LogP contribution in [0.25, 0.3) is 10.9 Å². The maximum absolute atomic E-state index is 13.5. The minimum Gasteiger partial charge on any atom is -0.457 e. The normalized spacial score (nSPS) is 28.4. The number of benzene rings is 2. The summed E-state index contributed by atoms with van der Waals surface area (Å²) in [5.41, 5.74) is 8.72. The predicted molar refractivity (Wildman–Crippen MR) is 160 cm³/mol. The van der Waals surface area contributed by atoms with E-state index in [0.717, 1.165) is 52.1 Å². The number of rotatable bonds is 8. The molecule has 5 fully saturated rings. The molecule has 8 rings (SSSR count). The Bertz CT molecular complexity index is 1330. The molecule has 4 bridgehead atoms. The molecular weight excluding hydrogens is 494 g/mol. The molecular formula is C35H43N3O2. The van der Waals surface area contributed by atoms with E-state index in [9.17, 15) is 4.79 Å². The molecule has 210 valence electrons. The van der Waals surface area contributed by atoms with Crippen molar-refractivity contribution in [2.75, 3.05) is 5.73 Å². The van der Waals surface area contributed by atoms with Gasteiger partial charge in [0.15, 0.2) is 0 Å². The Morgan fingerprint density at radius 1 is 0.925 bits per heavy atom. The van der Waals surface area contributed by atoms with E-state index in [0.29, 0.717) is 18.2 Å². The van der Waals surface area contributed by atoms with Gasteiger partial charge in [0.1, 0.15) is 17.3 Å². The molecule has 0 saturated heterocycles. The summed E-state index contributed by atoms with van der Waals surface area (Å²) in [4.78, 5) is 18.3. The number of anilines is 1. The van der Waals surface area contributed by atoms with Crippen LogP contribution in [0.5, 0.6) is 11.5 Å². The Kier molecular flexibility index (Phi) is 6.93. The van der Waals surface area contributed by atoms with Gasteiger partial charge in [-0.15, -0.1) is 0 Å². The van der Waals surface area contributed by atoms with Gasteiger partial charge >= 0.3 is 0 Å². The Morgan fingerprint density at radius 2 is 1.62 bits per heavy atom. The van der Waals surface area contributed by atoms with Gasteiger partial charge in [-0.2, -0.15) is 0 Å². The standard InChI is InChI=1S/C35H43N3O2/c36-34-31(19-27-18-29(11-13-32(27)37-34)40-28-9-5-2-6-10-28)30(26-7-3-1-4-8-26)12-14-33(39)38-35-20-23-15-24(21-35)17-25(16-23)22-35/h2,5-6,9-11,13,18-19,23-26,30H,1,3-4,7-8,12,14-17,20-22H2,(H2,36,37)(H,38,39). The van der Waals surface area contributed by atoms with Crippen LogP contribution in [0, 0.1) is 23.7 Å². The molecule has 0 spiro atoms. The van der Waals surface area contributed by atoms with Crippen molar-refractivity contribution in [2.24, 2.45) is 23.7 Å². The number of hydrogen-bond acceptors (Lipinski definition) is 4. The summed E-state index contributed by atoms with van der Waals surface area (Å²) in [6.07, 6.45) is 15.4. The Morgan fingerprint density at radius 3 is 2.33 bits per heavy atom. The molecule has 0 aliphatic heterocycles. The van der Waals surface area contributed by atoms with Crippen LogP contribution in [0.1, 0.15) is 95.0 Å². The minimum absolute atomic E-state index is 0.0743. The Labute approximate surface area is 238 Å². The molecule has 40 heavy (non-hydrogen) atoms. The Balaban J connectivity index is 1.11. The third-order valence-corrected chi connectivity index (χ3v) is 10.6. The average Bonchev–Trinajstić information content (AvgIpc) is 2.94. The number of hydrogen-bond donors (Lipinski definition) is 2. The molecule has 0 radical (unpaired) electrons. The highest BCUT2D eigenvalue weighted by Gasteiger charge is 2.51. The molecule has 5 saturated carbocycles. The van der Waals surface area contributed by atoms with Crippen LogP contribution < -0.4 is 15.8 Å². The second-order valence-corrected chi connectivity index (χ2v) is 13.5. The van der Waals surface area contributed by atoms with Crippen molar-refractivity contribution < 1.29 is 9.53 Å². The SMILES string of the molecule is Nc1nc2ccc(Oc3ccccc3)cc2cc1C(CCC(=O)NC12CC3CC(CC(C3)C1)C2)C1CCCCC1. The predicted octanol–water partition coefficient (Wildman–Crippen LogP) is 8.14. The summed E-state index contributed by atoms with van der Waals surface area (Å²) < 4.78 is 6.12. The fraction of sp³-hybridized carbons (Fsp3) is 0.543. The molecule has 2 aromatic carbocycles. The number of para-hydroxylation sites is 1. The van der Waals surface area contributed by atoms with E-state index in [2.05, 4.69) is 17.4 Å². The number of nitrogens with two attached hydrogens (primary N) is 1. The molecule has 5 heteroatoms. The van der Waals surface area contributed by atoms with Crippen molar-refractivity contribution in [2.45, 2.75) is 94.9 Å². The second kappa shape index (κ2) is 10.7. The van der Waals surface area contributed by atoms with Crippen molar-refractivity contribution in [3.8, 4) is 11.5 Å². The molecule has 5 aliphatic carbocycles. The number of carbonyl (C=O) groups excluding carboxylic acids is 1. The molecule has 1 heterocycles. The van der Waals surface area contributed by atoms with Crippen LogP contribution in [0.3, 0.4) is 0 Å². The fourth-order valence-corrected chi connectivity index (χ4v) is 9.26. The van der Waals surface area contributed by atoms with Crippen molar-refractivity contribution in [3.63, 3.8) is 0 Å². The van der Waals surface area contributed by atoms with Gasteiger partial charge in [0.2, 0.25) is 5.91 Å². The van der Waals surface area contributed by atoms with Crippen molar-refractivity contribution in [1.29, 1.82) is 0 Å². The van der Waals surface area contributed by atoms with Gasteiger partial charge in [-0.05, 0) is 129 Å². The fourth-order valence-electron chi connectivity index (χ4n) is 9.26. The Hall–Kier alpha value is -3.08. The first kappa shape index (κ1) is 25.9. The molecule has 1 atom stereocenters. The van der Waals surface area contributed by atoms with E-state index in [4.69, 9.17) is 15.5 Å². The maximum Gasteiger partial charge on any atom is 0.220 e. The molecule has 1 unspecified atom stereocenters. The highest BCUT2D eigenvalue weighted by Crippen LogP contribution is 2.55. The quantitative estimate of drug-likeness (QED) is 0.304. The van der Waals surface area contributed by atoms with Crippen LogP contribution in [0.2, 0.25) is 0 Å². The van der Waals surface area contributed by atoms with Gasteiger partial charge in [0.05, 0.1) is 5.52 Å². The molecule has 1 aromatic heterocycles. The molecule has 5 aliphatic rings. The topological polar surface area (TPSA) is 77.2 Å². The van der Waals surface area contributed by atoms with Crippen molar-refractivity contribution in [3.05, 3.63) is 60.2 Å². The number of nitrogens with one attached hydrogen (secondary N) is 1. The first-order valence-corrected chi connectivity index (χ1v) is 15.8. The summed E-state index contributed by atoms with van der Waals surface area (Å²) in [5.74, 6) is 5.76. The zero-order valence-corrected chi connectivity index (χ0v) is 23.6. The highest BCUT2D eigenvalue weighted by atomic mass is 16.5. The zero-order valence-electron chi connectivity index (χ0n) is 23.6. The van der Waals surface area contributed by atoms with E-state index in [1.165, 1.54) is 70.6 Å². The van der Waals surface area contributed by atoms with Crippen molar-refractivity contribution in [1.82, 2.24) is 10.3 Å². The number of amides is 1. The van der Waals surface area contributed by atoms with E-state index in [-0.39, 0.29) is 17.4 Å². The molecule has 3 N–H and O–H groups in total. The van der Waals surface area contributed by atoms with E-state index < -0.39 is 0 Å². The first-order chi connectivity index (χ1) is 19.5. The van der Waals surface area contributed by atoms with E-state index in [1.807, 2.05) is 42.5 Å². The van der Waals surface area contributed by atoms with E-state index >= 15 is 0 Å². The molecule has 5 nitrogen and oxygen atoms in total. The third-order valence-electron chi connectivity index (χ3n) is 10.6. The highest BCUT2D eigenvalue weighted by molar-refractivity contribution is 5.83. The summed E-state index contributed by atoms with van der Waals surface area (Å²) in [7, 11) is 0. The van der Waals surface area contributed by atoms with Gasteiger partial charge in [0.25, 0.3) is 0 Å². The zero-order chi connectivity index (χ0) is 27.1. The van der Waals surface area contributed by atoms with Crippen LogP contribution in [0.4, 0.5) is 5.82 Å². The number of ether oxygens (including phenoxy) is 1. The van der Waals surface area contributed by atoms with Crippen LogP contribution in [-0.4, -0.2) is 16.4 Å². The average molecular weight is 538 g/mol. The number of nitrogen functional groups attached to an aromatic ring is 1. The summed E-state index contributed by atoms with van der Waals surface area (Å²) >= 11 is 0. The monoisotopic (exact) mass is 537 g/mol. The lowest BCUT2D eigenvalue weighted by atomic mass is 9.53. The smallest absolute Gasteiger partial charge is 0.220 e. The van der Waals surface area contributed by atoms with E-state index in [1.54, 1.807) is 0 Å². The van der Waals surface area contributed by atoms with Gasteiger partial charge in [-0.3, -0.25) is 4.79 Å². The van der Waals surface area contributed by atoms with Crippen LogP contribution >= 0.6 is 0 Å². The van der Waals surface area contributed by atoms with Crippen molar-refractivity contribution >= 4 is 22.6 Å². The maximum atomic E-state index is 13.5. The van der Waals surface area contributed by atoms with Crippen LogP contribution in [-0.2, 0) is 4.79 Å². The number of carbonyl (C=O) groups is 1. The lowest BCUT2D eigenvalue weighted by Gasteiger charge is -2.57. The lowest BCUT2D eigenvalue weighted by molar-refractivity contribution is -0.127. The van der Waals surface area contributed by atoms with Gasteiger partial charge in [-0.1, -0.05) is 37.5 Å². The van der Waals surface area contributed by atoms with Crippen LogP contribution in [0.15, 0.2) is 54.6 Å². The summed E-state index contributed by atoms with van der Waals surface area (Å²) in [5, 5.41) is 4.65. The number of pyridine rings is 1. The number of aromatic nitrogens is 1. The third kappa shape index (κ3) is 5.32. The minimum atomic E-state index is 0.0743. The molecule has 1 amide bonds. The second-order valence-electron chi connectivity index (χ2n) is 13.5.